The standard InChI is InChI=1S/C54H43N/c1-53(2)48-23-15-14-22-45(48)46-30-28-41(34-49(46)53)55(40-26-24-37(25-27-40)36-16-8-5-9-17-36)42-29-31-47-50(35-42)54(3,4)52-44(39-20-12-7-13-21-39)33-32-43(51(47)52)38-18-10-6-11-19-38/h5-35H,1-4H3. The van der Waals surface area contributed by atoms with Crippen LogP contribution in [0.1, 0.15) is 49.9 Å². The first-order valence-corrected chi connectivity index (χ1v) is 19.4. The Kier molecular flexibility index (Phi) is 7.58. The Labute approximate surface area is 325 Å². The van der Waals surface area contributed by atoms with Gasteiger partial charge in [-0.05, 0) is 114 Å². The first-order chi connectivity index (χ1) is 26.8. The van der Waals surface area contributed by atoms with Crippen molar-refractivity contribution in [3.05, 3.63) is 210 Å². The highest BCUT2D eigenvalue weighted by Gasteiger charge is 2.40. The molecule has 0 spiro atoms. The molecule has 2 aliphatic rings. The second-order valence-corrected chi connectivity index (χ2v) is 16.1. The molecule has 264 valence electrons. The largest absolute Gasteiger partial charge is 0.310 e. The molecule has 0 aromatic heterocycles. The van der Waals surface area contributed by atoms with Crippen molar-refractivity contribution in [3.8, 4) is 55.6 Å². The molecule has 0 atom stereocenters. The Balaban J connectivity index is 1.17. The van der Waals surface area contributed by atoms with Crippen molar-refractivity contribution in [2.24, 2.45) is 0 Å². The Bertz CT molecular complexity index is 2720. The van der Waals surface area contributed by atoms with Gasteiger partial charge in [-0.25, -0.2) is 0 Å². The van der Waals surface area contributed by atoms with Gasteiger partial charge in [0.25, 0.3) is 0 Å². The van der Waals surface area contributed by atoms with Gasteiger partial charge in [-0.2, -0.15) is 0 Å². The van der Waals surface area contributed by atoms with E-state index in [1.807, 2.05) is 0 Å². The smallest absolute Gasteiger partial charge is 0.0465 e. The van der Waals surface area contributed by atoms with Crippen LogP contribution >= 0.6 is 0 Å². The summed E-state index contributed by atoms with van der Waals surface area (Å²) in [7, 11) is 0. The van der Waals surface area contributed by atoms with Crippen LogP contribution in [0.5, 0.6) is 0 Å². The number of hydrogen-bond acceptors (Lipinski definition) is 1. The van der Waals surface area contributed by atoms with E-state index >= 15 is 0 Å². The highest BCUT2D eigenvalue weighted by atomic mass is 15.1. The zero-order valence-electron chi connectivity index (χ0n) is 31.8. The molecule has 0 amide bonds. The highest BCUT2D eigenvalue weighted by molar-refractivity contribution is 5.98. The lowest BCUT2D eigenvalue weighted by atomic mass is 9.77. The lowest BCUT2D eigenvalue weighted by Crippen LogP contribution is -2.18. The van der Waals surface area contributed by atoms with Gasteiger partial charge in [-0.3, -0.25) is 0 Å². The van der Waals surface area contributed by atoms with Gasteiger partial charge in [0.1, 0.15) is 0 Å². The van der Waals surface area contributed by atoms with E-state index in [0.29, 0.717) is 0 Å². The molecule has 10 rings (SSSR count). The molecule has 55 heavy (non-hydrogen) atoms. The predicted octanol–water partition coefficient (Wildman–Crippen LogP) is 14.8. The predicted molar refractivity (Wildman–Crippen MR) is 233 cm³/mol. The highest BCUT2D eigenvalue weighted by Crippen LogP contribution is 2.57. The second kappa shape index (κ2) is 12.6. The van der Waals surface area contributed by atoms with Crippen LogP contribution < -0.4 is 4.90 Å². The first-order valence-electron chi connectivity index (χ1n) is 19.4. The minimum absolute atomic E-state index is 0.103. The molecular weight excluding hydrogens is 663 g/mol. The van der Waals surface area contributed by atoms with E-state index in [2.05, 4.69) is 221 Å². The summed E-state index contributed by atoms with van der Waals surface area (Å²) in [5.41, 5.74) is 21.4. The summed E-state index contributed by atoms with van der Waals surface area (Å²) in [5.74, 6) is 0. The minimum Gasteiger partial charge on any atom is -0.310 e. The molecule has 1 nitrogen and oxygen atoms in total. The Morgan fingerprint density at radius 2 is 0.745 bits per heavy atom. The zero-order valence-corrected chi connectivity index (χ0v) is 31.8. The van der Waals surface area contributed by atoms with Crippen molar-refractivity contribution in [2.75, 3.05) is 4.90 Å². The van der Waals surface area contributed by atoms with Gasteiger partial charge in [0.15, 0.2) is 0 Å². The lowest BCUT2D eigenvalue weighted by molar-refractivity contribution is 0.660. The first kappa shape index (κ1) is 33.2. The van der Waals surface area contributed by atoms with Crippen molar-refractivity contribution in [1.82, 2.24) is 0 Å². The Morgan fingerprint density at radius 1 is 0.309 bits per heavy atom. The van der Waals surface area contributed by atoms with Crippen molar-refractivity contribution in [1.29, 1.82) is 0 Å². The van der Waals surface area contributed by atoms with Crippen molar-refractivity contribution in [3.63, 3.8) is 0 Å². The van der Waals surface area contributed by atoms with E-state index in [1.165, 1.54) is 77.9 Å². The SMILES string of the molecule is CC1(C)c2ccccc2-c2ccc(N(c3ccc(-c4ccccc4)cc3)c3ccc4c(c3)C(C)(C)c3c(-c5ccccc5)ccc(-c5ccccc5)c3-4)cc21. The molecular formula is C54H43N. The lowest BCUT2D eigenvalue weighted by Gasteiger charge is -2.30. The monoisotopic (exact) mass is 705 g/mol. The van der Waals surface area contributed by atoms with Crippen molar-refractivity contribution in [2.45, 2.75) is 38.5 Å². The van der Waals surface area contributed by atoms with Crippen molar-refractivity contribution >= 4 is 17.1 Å². The maximum Gasteiger partial charge on any atom is 0.0465 e. The second-order valence-electron chi connectivity index (χ2n) is 16.1. The molecule has 0 N–H and O–H groups in total. The van der Waals surface area contributed by atoms with E-state index in [0.717, 1.165) is 17.1 Å². The maximum absolute atomic E-state index is 2.47. The van der Waals surface area contributed by atoms with Crippen LogP contribution in [0.25, 0.3) is 55.6 Å². The summed E-state index contributed by atoms with van der Waals surface area (Å²) in [5, 5.41) is 0. The summed E-state index contributed by atoms with van der Waals surface area (Å²) >= 11 is 0. The average molecular weight is 706 g/mol. The molecule has 0 saturated heterocycles. The van der Waals surface area contributed by atoms with Gasteiger partial charge in [0.05, 0.1) is 0 Å². The molecule has 2 aliphatic carbocycles. The average Bonchev–Trinajstić information content (AvgIpc) is 3.61. The zero-order chi connectivity index (χ0) is 37.3. The quantitative estimate of drug-likeness (QED) is 0.166. The van der Waals surface area contributed by atoms with Crippen LogP contribution in [0, 0.1) is 0 Å². The molecule has 0 radical (unpaired) electrons. The Morgan fingerprint density at radius 3 is 1.38 bits per heavy atom. The Hall–Kier alpha value is -6.44. The van der Waals surface area contributed by atoms with E-state index in [1.54, 1.807) is 0 Å². The van der Waals surface area contributed by atoms with Crippen LogP contribution in [-0.2, 0) is 10.8 Å². The van der Waals surface area contributed by atoms with Crippen LogP contribution in [0.15, 0.2) is 188 Å². The number of hydrogen-bond donors (Lipinski definition) is 0. The molecule has 1 heteroatoms. The van der Waals surface area contributed by atoms with Gasteiger partial charge >= 0.3 is 0 Å². The number of fused-ring (bicyclic) bond motifs is 6. The number of nitrogens with zero attached hydrogens (tertiary/aromatic N) is 1. The molecule has 0 saturated carbocycles. The fraction of sp³-hybridized carbons (Fsp3) is 0.111. The fourth-order valence-corrected chi connectivity index (χ4v) is 9.50. The molecule has 0 bridgehead atoms. The van der Waals surface area contributed by atoms with Gasteiger partial charge in [-0.1, -0.05) is 179 Å². The van der Waals surface area contributed by atoms with Crippen LogP contribution in [0.3, 0.4) is 0 Å². The maximum atomic E-state index is 2.47. The number of benzene rings is 8. The third-order valence-corrected chi connectivity index (χ3v) is 12.3. The third kappa shape index (κ3) is 5.22. The molecule has 0 fully saturated rings. The minimum atomic E-state index is -0.249. The van der Waals surface area contributed by atoms with E-state index < -0.39 is 0 Å². The summed E-state index contributed by atoms with van der Waals surface area (Å²) < 4.78 is 0. The molecule has 8 aromatic carbocycles. The normalized spacial score (nSPS) is 14.1. The van der Waals surface area contributed by atoms with Crippen molar-refractivity contribution < 1.29 is 0 Å². The summed E-state index contributed by atoms with van der Waals surface area (Å²) in [6, 6.07) is 69.4. The van der Waals surface area contributed by atoms with Crippen LogP contribution in [0.2, 0.25) is 0 Å². The number of rotatable bonds is 6. The third-order valence-electron chi connectivity index (χ3n) is 12.3. The van der Waals surface area contributed by atoms with Crippen LogP contribution in [0.4, 0.5) is 17.1 Å². The molecule has 0 heterocycles. The summed E-state index contributed by atoms with van der Waals surface area (Å²) in [6.07, 6.45) is 0. The van der Waals surface area contributed by atoms with Crippen LogP contribution in [-0.4, -0.2) is 0 Å². The molecule has 0 aliphatic heterocycles. The fourth-order valence-electron chi connectivity index (χ4n) is 9.50. The topological polar surface area (TPSA) is 3.24 Å². The van der Waals surface area contributed by atoms with Gasteiger partial charge < -0.3 is 4.90 Å². The molecule has 8 aromatic rings. The summed E-state index contributed by atoms with van der Waals surface area (Å²) in [6.45, 7) is 9.56. The van der Waals surface area contributed by atoms with E-state index in [4.69, 9.17) is 0 Å². The van der Waals surface area contributed by atoms with E-state index in [-0.39, 0.29) is 10.8 Å². The summed E-state index contributed by atoms with van der Waals surface area (Å²) in [4.78, 5) is 2.46. The van der Waals surface area contributed by atoms with Gasteiger partial charge in [0, 0.05) is 27.9 Å². The molecule has 0 unspecified atom stereocenters. The van der Waals surface area contributed by atoms with Gasteiger partial charge in [0.2, 0.25) is 0 Å². The van der Waals surface area contributed by atoms with Gasteiger partial charge in [-0.15, -0.1) is 0 Å². The number of anilines is 3. The van der Waals surface area contributed by atoms with E-state index in [9.17, 15) is 0 Å².